The summed E-state index contributed by atoms with van der Waals surface area (Å²) in [7, 11) is 0. The van der Waals surface area contributed by atoms with Gasteiger partial charge >= 0.3 is 5.97 Å². The van der Waals surface area contributed by atoms with Crippen molar-refractivity contribution in [3.63, 3.8) is 0 Å². The number of nitrogens with one attached hydrogen (secondary N) is 1. The van der Waals surface area contributed by atoms with Gasteiger partial charge < -0.3 is 10.4 Å². The molecular formula is C12H8BrIN2O2. The lowest BCUT2D eigenvalue weighted by Gasteiger charge is -2.08. The molecule has 0 aliphatic carbocycles. The summed E-state index contributed by atoms with van der Waals surface area (Å²) < 4.78 is 1.97. The average Bonchev–Trinajstić information content (AvgIpc) is 2.34. The predicted octanol–water partition coefficient (Wildman–Crippen LogP) is 3.89. The van der Waals surface area contributed by atoms with Crippen LogP contribution in [0.3, 0.4) is 0 Å². The molecule has 1 aromatic heterocycles. The van der Waals surface area contributed by atoms with E-state index in [1.54, 1.807) is 12.1 Å². The zero-order valence-corrected chi connectivity index (χ0v) is 12.8. The highest BCUT2D eigenvalue weighted by Crippen LogP contribution is 2.26. The number of hydrogen-bond donors (Lipinski definition) is 2. The van der Waals surface area contributed by atoms with Crippen molar-refractivity contribution in [3.05, 3.63) is 50.1 Å². The van der Waals surface area contributed by atoms with Crippen molar-refractivity contribution in [1.82, 2.24) is 4.98 Å². The van der Waals surface area contributed by atoms with Gasteiger partial charge in [0.05, 0.1) is 5.69 Å². The summed E-state index contributed by atoms with van der Waals surface area (Å²) in [5.41, 5.74) is 0.860. The number of benzene rings is 1. The summed E-state index contributed by atoms with van der Waals surface area (Å²) in [6.07, 6.45) is 0. The Morgan fingerprint density at radius 2 is 2.11 bits per heavy atom. The van der Waals surface area contributed by atoms with Crippen LogP contribution in [0.5, 0.6) is 0 Å². The Balaban J connectivity index is 2.31. The molecule has 2 rings (SSSR count). The van der Waals surface area contributed by atoms with Gasteiger partial charge in [-0.15, -0.1) is 0 Å². The van der Waals surface area contributed by atoms with Crippen LogP contribution >= 0.6 is 38.5 Å². The fraction of sp³-hybridized carbons (Fsp3) is 0. The van der Waals surface area contributed by atoms with Gasteiger partial charge in [-0.25, -0.2) is 9.78 Å². The lowest BCUT2D eigenvalue weighted by Crippen LogP contribution is -2.02. The van der Waals surface area contributed by atoms with Crippen LogP contribution in [0.4, 0.5) is 11.5 Å². The van der Waals surface area contributed by atoms with Gasteiger partial charge in [-0.1, -0.05) is 6.07 Å². The van der Waals surface area contributed by atoms with E-state index in [4.69, 9.17) is 5.11 Å². The smallest absolute Gasteiger partial charge is 0.354 e. The molecular weight excluding hydrogens is 411 g/mol. The number of anilines is 2. The summed E-state index contributed by atoms with van der Waals surface area (Å²) in [5.74, 6) is -0.544. The van der Waals surface area contributed by atoms with Crippen molar-refractivity contribution in [3.8, 4) is 0 Å². The summed E-state index contributed by atoms with van der Waals surface area (Å²) >= 11 is 5.63. The van der Waals surface area contributed by atoms with E-state index in [9.17, 15) is 4.79 Å². The van der Waals surface area contributed by atoms with Crippen LogP contribution in [0.25, 0.3) is 0 Å². The summed E-state index contributed by atoms with van der Waals surface area (Å²) in [6, 6.07) is 10.7. The van der Waals surface area contributed by atoms with Crippen molar-refractivity contribution in [2.75, 3.05) is 5.32 Å². The van der Waals surface area contributed by atoms with Gasteiger partial charge in [-0.05, 0) is 68.9 Å². The molecule has 92 valence electrons. The minimum Gasteiger partial charge on any atom is -0.477 e. The van der Waals surface area contributed by atoms with E-state index in [-0.39, 0.29) is 5.69 Å². The van der Waals surface area contributed by atoms with E-state index in [0.29, 0.717) is 5.82 Å². The van der Waals surface area contributed by atoms with Gasteiger partial charge in [0.15, 0.2) is 5.69 Å². The Morgan fingerprint density at radius 1 is 1.33 bits per heavy atom. The Hall–Kier alpha value is -1.15. The highest BCUT2D eigenvalue weighted by Gasteiger charge is 2.06. The van der Waals surface area contributed by atoms with Crippen molar-refractivity contribution in [1.29, 1.82) is 0 Å². The second-order valence-electron chi connectivity index (χ2n) is 3.46. The molecule has 2 N–H and O–H groups in total. The van der Waals surface area contributed by atoms with Crippen molar-refractivity contribution in [2.24, 2.45) is 0 Å². The number of rotatable bonds is 3. The van der Waals surface area contributed by atoms with Gasteiger partial charge in [0.25, 0.3) is 0 Å². The lowest BCUT2D eigenvalue weighted by molar-refractivity contribution is 0.0690. The second kappa shape index (κ2) is 5.66. The van der Waals surface area contributed by atoms with Crippen molar-refractivity contribution < 1.29 is 9.90 Å². The molecule has 0 saturated carbocycles. The number of halogens is 2. The van der Waals surface area contributed by atoms with E-state index in [1.807, 2.05) is 18.2 Å². The van der Waals surface area contributed by atoms with Crippen molar-refractivity contribution >= 4 is 56.0 Å². The minimum atomic E-state index is -1.04. The molecule has 1 aromatic carbocycles. The van der Waals surface area contributed by atoms with E-state index >= 15 is 0 Å². The number of hydrogen-bond acceptors (Lipinski definition) is 3. The zero-order chi connectivity index (χ0) is 13.1. The third-order valence-corrected chi connectivity index (χ3v) is 3.52. The molecule has 0 bridgehead atoms. The maximum atomic E-state index is 10.8. The molecule has 0 fully saturated rings. The molecule has 18 heavy (non-hydrogen) atoms. The molecule has 0 radical (unpaired) electrons. The SMILES string of the molecule is O=C(O)c1cccc(Nc2cc(I)ccc2Br)n1. The van der Waals surface area contributed by atoms with Gasteiger partial charge in [0.1, 0.15) is 5.82 Å². The second-order valence-corrected chi connectivity index (χ2v) is 5.56. The largest absolute Gasteiger partial charge is 0.477 e. The first kappa shape index (κ1) is 13.3. The molecule has 0 amide bonds. The number of aromatic carboxylic acids is 1. The van der Waals surface area contributed by atoms with Gasteiger partial charge in [0, 0.05) is 8.04 Å². The van der Waals surface area contributed by atoms with E-state index in [0.717, 1.165) is 13.7 Å². The van der Waals surface area contributed by atoms with Crippen LogP contribution < -0.4 is 5.32 Å². The van der Waals surface area contributed by atoms with Crippen molar-refractivity contribution in [2.45, 2.75) is 0 Å². The number of carboxylic acids is 1. The first-order valence-corrected chi connectivity index (χ1v) is 6.86. The molecule has 6 heteroatoms. The lowest BCUT2D eigenvalue weighted by atomic mass is 10.3. The van der Waals surface area contributed by atoms with Gasteiger partial charge in [0.2, 0.25) is 0 Å². The maximum Gasteiger partial charge on any atom is 0.354 e. The fourth-order valence-electron chi connectivity index (χ4n) is 1.35. The average molecular weight is 419 g/mol. The molecule has 1 heterocycles. The number of aromatic nitrogens is 1. The van der Waals surface area contributed by atoms with Gasteiger partial charge in [-0.3, -0.25) is 0 Å². The Bertz CT molecular complexity index is 604. The van der Waals surface area contributed by atoms with Crippen LogP contribution in [-0.2, 0) is 0 Å². The highest BCUT2D eigenvalue weighted by molar-refractivity contribution is 14.1. The standard InChI is InChI=1S/C12H8BrIN2O2/c13-8-5-4-7(14)6-10(8)16-11-3-1-2-9(15-11)12(17)18/h1-6H,(H,15,16)(H,17,18). The molecule has 0 aliphatic rings. The third-order valence-electron chi connectivity index (χ3n) is 2.16. The summed E-state index contributed by atoms with van der Waals surface area (Å²) in [6.45, 7) is 0. The highest BCUT2D eigenvalue weighted by atomic mass is 127. The monoisotopic (exact) mass is 418 g/mol. The first-order valence-electron chi connectivity index (χ1n) is 4.98. The first-order chi connectivity index (χ1) is 8.56. The van der Waals surface area contributed by atoms with Gasteiger partial charge in [-0.2, -0.15) is 0 Å². The normalized spacial score (nSPS) is 10.1. The van der Waals surface area contributed by atoms with Crippen LogP contribution in [0.15, 0.2) is 40.9 Å². The van der Waals surface area contributed by atoms with Crippen LogP contribution in [0.1, 0.15) is 10.5 Å². The zero-order valence-electron chi connectivity index (χ0n) is 9.02. The van der Waals surface area contributed by atoms with Crippen LogP contribution in [-0.4, -0.2) is 16.1 Å². The van der Waals surface area contributed by atoms with Crippen LogP contribution in [0, 0.1) is 3.57 Å². The summed E-state index contributed by atoms with van der Waals surface area (Å²) in [4.78, 5) is 14.8. The molecule has 4 nitrogen and oxygen atoms in total. The fourth-order valence-corrected chi connectivity index (χ4v) is 2.19. The van der Waals surface area contributed by atoms with Crippen LogP contribution in [0.2, 0.25) is 0 Å². The Kier molecular flexibility index (Phi) is 4.18. The quantitative estimate of drug-likeness (QED) is 0.742. The molecule has 0 unspecified atom stereocenters. The number of carbonyl (C=O) groups is 1. The number of pyridine rings is 1. The molecule has 0 saturated heterocycles. The molecule has 2 aromatic rings. The van der Waals surface area contributed by atoms with E-state index in [1.165, 1.54) is 6.07 Å². The number of carboxylic acid groups (broad SMARTS) is 1. The third kappa shape index (κ3) is 3.20. The van der Waals surface area contributed by atoms with E-state index in [2.05, 4.69) is 48.8 Å². The predicted molar refractivity (Wildman–Crippen MR) is 81.3 cm³/mol. The Labute approximate surface area is 126 Å². The number of nitrogens with zero attached hydrogens (tertiary/aromatic N) is 1. The summed E-state index contributed by atoms with van der Waals surface area (Å²) in [5, 5.41) is 12.0. The Morgan fingerprint density at radius 3 is 2.83 bits per heavy atom. The molecule has 0 spiro atoms. The topological polar surface area (TPSA) is 62.2 Å². The molecule has 0 atom stereocenters. The maximum absolute atomic E-state index is 10.8. The molecule has 0 aliphatic heterocycles. The van der Waals surface area contributed by atoms with E-state index < -0.39 is 5.97 Å². The minimum absolute atomic E-state index is 0.0155.